The van der Waals surface area contributed by atoms with Crippen molar-refractivity contribution in [2.24, 2.45) is 0 Å². The molecule has 0 fully saturated rings. The number of nitrogens with zero attached hydrogens (tertiary/aromatic N) is 2. The Hall–Kier alpha value is -2.37. The van der Waals surface area contributed by atoms with Crippen LogP contribution in [0.25, 0.3) is 17.0 Å². The minimum atomic E-state index is -0.923. The molecule has 0 aliphatic carbocycles. The smallest absolute Gasteiger partial charge is 0.328 e. The van der Waals surface area contributed by atoms with Crippen LogP contribution in [-0.4, -0.2) is 32.4 Å². The fraction of sp³-hybridized carbons (Fsp3) is 0.261. The van der Waals surface area contributed by atoms with Crippen LogP contribution in [0.4, 0.5) is 0 Å². The highest BCUT2D eigenvalue weighted by Gasteiger charge is 2.24. The Balaban J connectivity index is 1.71. The Morgan fingerprint density at radius 3 is 2.75 bits per heavy atom. The Morgan fingerprint density at radius 1 is 1.18 bits per heavy atom. The molecular formula is C23H23BrN2O2. The summed E-state index contributed by atoms with van der Waals surface area (Å²) < 4.78 is 2.42. The van der Waals surface area contributed by atoms with Crippen molar-refractivity contribution < 1.29 is 9.90 Å². The van der Waals surface area contributed by atoms with Crippen LogP contribution in [-0.2, 0) is 30.8 Å². The van der Waals surface area contributed by atoms with E-state index in [-0.39, 0.29) is 0 Å². The van der Waals surface area contributed by atoms with E-state index >= 15 is 0 Å². The van der Waals surface area contributed by atoms with Gasteiger partial charge in [-0.2, -0.15) is 0 Å². The largest absolute Gasteiger partial charge is 0.478 e. The van der Waals surface area contributed by atoms with Crippen molar-refractivity contribution in [1.29, 1.82) is 0 Å². The molecule has 0 amide bonds. The van der Waals surface area contributed by atoms with E-state index in [1.165, 1.54) is 33.8 Å². The van der Waals surface area contributed by atoms with E-state index in [1.807, 2.05) is 6.07 Å². The number of fused-ring (bicyclic) bond motifs is 3. The number of aryl methyl sites for hydroxylation is 1. The highest BCUT2D eigenvalue weighted by atomic mass is 79.9. The second-order valence-electron chi connectivity index (χ2n) is 7.16. The minimum Gasteiger partial charge on any atom is -0.478 e. The summed E-state index contributed by atoms with van der Waals surface area (Å²) >= 11 is 3.59. The van der Waals surface area contributed by atoms with Gasteiger partial charge in [0.05, 0.1) is 0 Å². The molecule has 1 aliphatic rings. The van der Waals surface area contributed by atoms with Gasteiger partial charge in [0.15, 0.2) is 0 Å². The molecule has 5 heteroatoms. The number of alkyl halides is 1. The summed E-state index contributed by atoms with van der Waals surface area (Å²) in [5.41, 5.74) is 6.29. The van der Waals surface area contributed by atoms with Crippen molar-refractivity contribution >= 4 is 38.9 Å². The molecule has 4 nitrogen and oxygen atoms in total. The summed E-state index contributed by atoms with van der Waals surface area (Å²) in [6.07, 6.45) is 3.90. The lowest BCUT2D eigenvalue weighted by molar-refractivity contribution is -0.131. The molecule has 1 N–H and O–H groups in total. The van der Waals surface area contributed by atoms with Gasteiger partial charge in [-0.25, -0.2) is 4.79 Å². The van der Waals surface area contributed by atoms with E-state index in [2.05, 4.69) is 67.9 Å². The molecule has 4 rings (SSSR count). The summed E-state index contributed by atoms with van der Waals surface area (Å²) in [6.45, 7) is 3.85. The molecule has 1 aliphatic heterocycles. The molecule has 0 unspecified atom stereocenters. The molecule has 0 bridgehead atoms. The van der Waals surface area contributed by atoms with Gasteiger partial charge in [-0.05, 0) is 34.9 Å². The number of hydrogen-bond donors (Lipinski definition) is 1. The zero-order valence-corrected chi connectivity index (χ0v) is 17.2. The van der Waals surface area contributed by atoms with Gasteiger partial charge >= 0.3 is 5.97 Å². The summed E-state index contributed by atoms with van der Waals surface area (Å²) in [5, 5.41) is 11.1. The predicted molar refractivity (Wildman–Crippen MR) is 117 cm³/mol. The topological polar surface area (TPSA) is 45.5 Å². The third-order valence-corrected chi connectivity index (χ3v) is 5.69. The first-order valence-electron chi connectivity index (χ1n) is 9.53. The van der Waals surface area contributed by atoms with Crippen molar-refractivity contribution in [1.82, 2.24) is 9.47 Å². The normalized spacial score (nSPS) is 14.6. The number of rotatable bonds is 6. The third kappa shape index (κ3) is 3.91. The summed E-state index contributed by atoms with van der Waals surface area (Å²) in [4.78, 5) is 13.4. The standard InChI is InChI=1S/C23H23BrN2O2/c24-11-13-26-21-8-6-17(7-9-23(27)28)14-19(21)20-16-25(12-10-22(20)26)15-18-4-2-1-3-5-18/h1-9,14H,10-13,15-16H2,(H,27,28)/b9-7+. The second kappa shape index (κ2) is 8.33. The zero-order valence-electron chi connectivity index (χ0n) is 15.6. The summed E-state index contributed by atoms with van der Waals surface area (Å²) in [7, 11) is 0. The van der Waals surface area contributed by atoms with Crippen molar-refractivity contribution in [2.45, 2.75) is 26.1 Å². The highest BCUT2D eigenvalue weighted by molar-refractivity contribution is 9.09. The summed E-state index contributed by atoms with van der Waals surface area (Å²) in [5.74, 6) is -0.923. The van der Waals surface area contributed by atoms with E-state index in [0.717, 1.165) is 43.5 Å². The minimum absolute atomic E-state index is 0.914. The van der Waals surface area contributed by atoms with E-state index in [0.29, 0.717) is 0 Å². The molecular weight excluding hydrogens is 416 g/mol. The van der Waals surface area contributed by atoms with Crippen LogP contribution in [0.5, 0.6) is 0 Å². The number of halogens is 1. The molecule has 0 radical (unpaired) electrons. The van der Waals surface area contributed by atoms with Crippen LogP contribution < -0.4 is 0 Å². The number of aliphatic carboxylic acids is 1. The maximum atomic E-state index is 10.9. The van der Waals surface area contributed by atoms with Crippen molar-refractivity contribution in [3.63, 3.8) is 0 Å². The fourth-order valence-corrected chi connectivity index (χ4v) is 4.47. The van der Waals surface area contributed by atoms with Gasteiger partial charge in [-0.3, -0.25) is 4.90 Å². The number of carboxylic acid groups (broad SMARTS) is 1. The molecule has 0 saturated heterocycles. The SMILES string of the molecule is O=C(O)/C=C/c1ccc2c(c1)c1c(n2CCBr)CCN(Cc2ccccc2)C1. The zero-order chi connectivity index (χ0) is 19.5. The quantitative estimate of drug-likeness (QED) is 0.448. The maximum Gasteiger partial charge on any atom is 0.328 e. The molecule has 0 spiro atoms. The van der Waals surface area contributed by atoms with Crippen LogP contribution in [0, 0.1) is 0 Å². The predicted octanol–water partition coefficient (Wildman–Crippen LogP) is 4.69. The lowest BCUT2D eigenvalue weighted by Crippen LogP contribution is -2.30. The van der Waals surface area contributed by atoms with E-state index < -0.39 is 5.97 Å². The summed E-state index contributed by atoms with van der Waals surface area (Å²) in [6, 6.07) is 16.8. The van der Waals surface area contributed by atoms with Crippen LogP contribution >= 0.6 is 15.9 Å². The monoisotopic (exact) mass is 438 g/mol. The number of carbonyl (C=O) groups is 1. The van der Waals surface area contributed by atoms with Gasteiger partial charge in [0.1, 0.15) is 0 Å². The van der Waals surface area contributed by atoms with Crippen LogP contribution in [0.15, 0.2) is 54.6 Å². The van der Waals surface area contributed by atoms with Crippen LogP contribution in [0.2, 0.25) is 0 Å². The molecule has 2 heterocycles. The van der Waals surface area contributed by atoms with E-state index in [1.54, 1.807) is 6.08 Å². The number of carboxylic acids is 1. The van der Waals surface area contributed by atoms with Gasteiger partial charge in [0.2, 0.25) is 0 Å². The molecule has 0 atom stereocenters. The molecule has 28 heavy (non-hydrogen) atoms. The van der Waals surface area contributed by atoms with Crippen LogP contribution in [0.1, 0.15) is 22.4 Å². The van der Waals surface area contributed by atoms with Gasteiger partial charge in [0.25, 0.3) is 0 Å². The Labute approximate surface area is 173 Å². The van der Waals surface area contributed by atoms with Gasteiger partial charge in [0, 0.05) is 60.6 Å². The first-order valence-corrected chi connectivity index (χ1v) is 10.6. The second-order valence-corrected chi connectivity index (χ2v) is 7.95. The molecule has 0 saturated carbocycles. The average molecular weight is 439 g/mol. The Kier molecular flexibility index (Phi) is 5.64. The van der Waals surface area contributed by atoms with Crippen molar-refractivity contribution in [2.75, 3.05) is 11.9 Å². The third-order valence-electron chi connectivity index (χ3n) is 5.33. The number of aromatic nitrogens is 1. The number of hydrogen-bond acceptors (Lipinski definition) is 2. The van der Waals surface area contributed by atoms with E-state index in [4.69, 9.17) is 5.11 Å². The Morgan fingerprint density at radius 2 is 2.00 bits per heavy atom. The lowest BCUT2D eigenvalue weighted by Gasteiger charge is -2.28. The first-order chi connectivity index (χ1) is 13.7. The molecule has 1 aromatic heterocycles. The molecule has 144 valence electrons. The van der Waals surface area contributed by atoms with E-state index in [9.17, 15) is 4.79 Å². The average Bonchev–Trinajstić information content (AvgIpc) is 3.00. The van der Waals surface area contributed by atoms with Gasteiger partial charge < -0.3 is 9.67 Å². The van der Waals surface area contributed by atoms with Gasteiger partial charge in [-0.15, -0.1) is 0 Å². The maximum absolute atomic E-state index is 10.9. The van der Waals surface area contributed by atoms with Crippen molar-refractivity contribution in [3.05, 3.63) is 77.0 Å². The highest BCUT2D eigenvalue weighted by Crippen LogP contribution is 2.32. The molecule has 2 aromatic carbocycles. The Bertz CT molecular complexity index is 1020. The molecule has 3 aromatic rings. The van der Waals surface area contributed by atoms with Crippen molar-refractivity contribution in [3.8, 4) is 0 Å². The fourth-order valence-electron chi connectivity index (χ4n) is 4.11. The van der Waals surface area contributed by atoms with Crippen LogP contribution in [0.3, 0.4) is 0 Å². The lowest BCUT2D eigenvalue weighted by atomic mass is 10.0. The first kappa shape index (κ1) is 19.0. The van der Waals surface area contributed by atoms with Gasteiger partial charge in [-0.1, -0.05) is 52.3 Å². The number of benzene rings is 2.